The van der Waals surface area contributed by atoms with Gasteiger partial charge in [-0.3, -0.25) is 0 Å². The predicted octanol–water partition coefficient (Wildman–Crippen LogP) is 2.63. The maximum absolute atomic E-state index is 13.0. The number of unbranched alkanes of at least 4 members (excludes halogenated alkanes) is 6. The van der Waals surface area contributed by atoms with E-state index in [9.17, 15) is 4.39 Å². The minimum atomic E-state index is -1.71. The first kappa shape index (κ1) is 17.0. The Balaban J connectivity index is 2.25. The quantitative estimate of drug-likeness (QED) is 0.512. The van der Waals surface area contributed by atoms with Gasteiger partial charge in [0, 0.05) is 5.46 Å². The highest BCUT2D eigenvalue weighted by Gasteiger charge is 2.17. The van der Waals surface area contributed by atoms with Crippen molar-refractivity contribution in [2.45, 2.75) is 51.9 Å². The van der Waals surface area contributed by atoms with Crippen molar-refractivity contribution < 1.29 is 19.2 Å². The molecule has 0 aliphatic heterocycles. The van der Waals surface area contributed by atoms with Crippen molar-refractivity contribution in [3.8, 4) is 5.75 Å². The number of halogens is 1. The van der Waals surface area contributed by atoms with E-state index >= 15 is 0 Å². The van der Waals surface area contributed by atoms with Crippen LogP contribution in [0.1, 0.15) is 51.9 Å². The zero-order valence-electron chi connectivity index (χ0n) is 12.1. The van der Waals surface area contributed by atoms with Gasteiger partial charge in [0.2, 0.25) is 0 Å². The second kappa shape index (κ2) is 9.78. The smallest absolute Gasteiger partial charge is 0.492 e. The SMILES string of the molecule is CCCCCCCCCOc1ccc(F)cc1B(O)O. The standard InChI is InChI=1S/C15H24BFO3/c1-2-3-4-5-6-7-8-11-20-15-10-9-13(17)12-14(15)16(18)19/h9-10,12,18-19H,2-8,11H2,1H3. The molecule has 0 spiro atoms. The van der Waals surface area contributed by atoms with E-state index in [2.05, 4.69) is 6.92 Å². The van der Waals surface area contributed by atoms with Crippen LogP contribution in [0.2, 0.25) is 0 Å². The van der Waals surface area contributed by atoms with Crippen molar-refractivity contribution in [3.63, 3.8) is 0 Å². The van der Waals surface area contributed by atoms with Gasteiger partial charge in [-0.05, 0) is 24.6 Å². The van der Waals surface area contributed by atoms with Crippen LogP contribution in [0.25, 0.3) is 0 Å². The Bertz CT molecular complexity index is 385. The second-order valence-electron chi connectivity index (χ2n) is 5.03. The first-order chi connectivity index (χ1) is 9.65. The van der Waals surface area contributed by atoms with Crippen LogP contribution in [0.15, 0.2) is 18.2 Å². The van der Waals surface area contributed by atoms with E-state index in [4.69, 9.17) is 14.8 Å². The summed E-state index contributed by atoms with van der Waals surface area (Å²) in [5.74, 6) is -0.163. The Morgan fingerprint density at radius 2 is 1.70 bits per heavy atom. The van der Waals surface area contributed by atoms with Crippen LogP contribution in [0.5, 0.6) is 5.75 Å². The van der Waals surface area contributed by atoms with Gasteiger partial charge in [-0.15, -0.1) is 0 Å². The van der Waals surface area contributed by atoms with Crippen molar-refractivity contribution in [1.82, 2.24) is 0 Å². The zero-order chi connectivity index (χ0) is 14.8. The molecule has 5 heteroatoms. The first-order valence-corrected chi connectivity index (χ1v) is 7.43. The average Bonchev–Trinajstić information content (AvgIpc) is 2.43. The fraction of sp³-hybridized carbons (Fsp3) is 0.600. The summed E-state index contributed by atoms with van der Waals surface area (Å²) in [5.41, 5.74) is 0.0768. The highest BCUT2D eigenvalue weighted by molar-refractivity contribution is 6.59. The van der Waals surface area contributed by atoms with Crippen molar-refractivity contribution in [2.75, 3.05) is 6.61 Å². The van der Waals surface area contributed by atoms with Crippen LogP contribution in [-0.2, 0) is 0 Å². The summed E-state index contributed by atoms with van der Waals surface area (Å²) in [7, 11) is -1.71. The molecule has 0 atom stereocenters. The number of rotatable bonds is 10. The van der Waals surface area contributed by atoms with Gasteiger partial charge in [0.25, 0.3) is 0 Å². The third-order valence-electron chi connectivity index (χ3n) is 3.26. The normalized spacial score (nSPS) is 10.6. The molecule has 0 aliphatic carbocycles. The Morgan fingerprint density at radius 3 is 2.35 bits per heavy atom. The molecule has 0 aliphatic rings. The molecule has 0 aromatic heterocycles. The highest BCUT2D eigenvalue weighted by atomic mass is 19.1. The van der Waals surface area contributed by atoms with Crippen molar-refractivity contribution in [2.24, 2.45) is 0 Å². The third-order valence-corrected chi connectivity index (χ3v) is 3.26. The average molecular weight is 282 g/mol. The molecule has 2 N–H and O–H groups in total. The van der Waals surface area contributed by atoms with Gasteiger partial charge in [-0.2, -0.15) is 0 Å². The van der Waals surface area contributed by atoms with E-state index < -0.39 is 12.9 Å². The topological polar surface area (TPSA) is 49.7 Å². The van der Waals surface area contributed by atoms with Crippen molar-refractivity contribution >= 4 is 12.6 Å². The predicted molar refractivity (Wildman–Crippen MR) is 79.7 cm³/mol. The van der Waals surface area contributed by atoms with Gasteiger partial charge in [-0.1, -0.05) is 45.4 Å². The van der Waals surface area contributed by atoms with Gasteiger partial charge < -0.3 is 14.8 Å². The molecule has 0 saturated carbocycles. The molecule has 0 fully saturated rings. The van der Waals surface area contributed by atoms with Crippen LogP contribution >= 0.6 is 0 Å². The summed E-state index contributed by atoms with van der Waals surface area (Å²) in [6, 6.07) is 3.78. The van der Waals surface area contributed by atoms with Crippen molar-refractivity contribution in [3.05, 3.63) is 24.0 Å². The molecular formula is C15H24BFO3. The van der Waals surface area contributed by atoms with Crippen LogP contribution in [0, 0.1) is 5.82 Å². The van der Waals surface area contributed by atoms with E-state index in [1.807, 2.05) is 0 Å². The maximum atomic E-state index is 13.0. The second-order valence-corrected chi connectivity index (χ2v) is 5.03. The van der Waals surface area contributed by atoms with E-state index in [0.717, 1.165) is 18.9 Å². The van der Waals surface area contributed by atoms with Crippen LogP contribution in [0.3, 0.4) is 0 Å². The monoisotopic (exact) mass is 282 g/mol. The first-order valence-electron chi connectivity index (χ1n) is 7.43. The molecular weight excluding hydrogens is 258 g/mol. The molecule has 20 heavy (non-hydrogen) atoms. The summed E-state index contributed by atoms with van der Waals surface area (Å²) in [6.07, 6.45) is 8.31. The maximum Gasteiger partial charge on any atom is 0.492 e. The molecule has 0 amide bonds. The van der Waals surface area contributed by atoms with Crippen LogP contribution in [-0.4, -0.2) is 23.8 Å². The van der Waals surface area contributed by atoms with E-state index in [0.29, 0.717) is 12.4 Å². The lowest BCUT2D eigenvalue weighted by Gasteiger charge is -2.11. The van der Waals surface area contributed by atoms with Crippen LogP contribution in [0.4, 0.5) is 4.39 Å². The van der Waals surface area contributed by atoms with Crippen LogP contribution < -0.4 is 10.2 Å². The molecule has 1 rings (SSSR count). The minimum Gasteiger partial charge on any atom is -0.494 e. The van der Waals surface area contributed by atoms with Gasteiger partial charge in [0.15, 0.2) is 0 Å². The lowest BCUT2D eigenvalue weighted by molar-refractivity contribution is 0.304. The fourth-order valence-corrected chi connectivity index (χ4v) is 2.09. The summed E-state index contributed by atoms with van der Waals surface area (Å²) in [6.45, 7) is 2.71. The molecule has 112 valence electrons. The molecule has 1 aromatic rings. The molecule has 0 radical (unpaired) electrons. The Hall–Kier alpha value is -1.07. The highest BCUT2D eigenvalue weighted by Crippen LogP contribution is 2.11. The summed E-state index contributed by atoms with van der Waals surface area (Å²) in [4.78, 5) is 0. The number of benzene rings is 1. The summed E-state index contributed by atoms with van der Waals surface area (Å²) in [5, 5.41) is 18.3. The Labute approximate surface area is 120 Å². The van der Waals surface area contributed by atoms with Gasteiger partial charge >= 0.3 is 7.12 Å². The molecule has 0 heterocycles. The molecule has 0 bridgehead atoms. The Kier molecular flexibility index (Phi) is 8.31. The minimum absolute atomic E-state index is 0.0768. The summed E-state index contributed by atoms with van der Waals surface area (Å²) < 4.78 is 18.5. The lowest BCUT2D eigenvalue weighted by atomic mass is 9.79. The third kappa shape index (κ3) is 6.39. The summed E-state index contributed by atoms with van der Waals surface area (Å²) >= 11 is 0. The van der Waals surface area contributed by atoms with Gasteiger partial charge in [-0.25, -0.2) is 4.39 Å². The van der Waals surface area contributed by atoms with Gasteiger partial charge in [0.1, 0.15) is 11.6 Å². The van der Waals surface area contributed by atoms with E-state index in [-0.39, 0.29) is 5.46 Å². The molecule has 0 unspecified atom stereocenters. The largest absolute Gasteiger partial charge is 0.494 e. The number of ether oxygens (including phenoxy) is 1. The number of hydrogen-bond acceptors (Lipinski definition) is 3. The lowest BCUT2D eigenvalue weighted by Crippen LogP contribution is -2.32. The molecule has 1 aromatic carbocycles. The molecule has 0 saturated heterocycles. The fourth-order valence-electron chi connectivity index (χ4n) is 2.09. The Morgan fingerprint density at radius 1 is 1.05 bits per heavy atom. The van der Waals surface area contributed by atoms with E-state index in [1.165, 1.54) is 44.2 Å². The zero-order valence-corrected chi connectivity index (χ0v) is 12.1. The number of hydrogen-bond donors (Lipinski definition) is 2. The van der Waals surface area contributed by atoms with Crippen molar-refractivity contribution in [1.29, 1.82) is 0 Å². The molecule has 3 nitrogen and oxygen atoms in total. The van der Waals surface area contributed by atoms with Gasteiger partial charge in [0.05, 0.1) is 6.61 Å². The van der Waals surface area contributed by atoms with E-state index in [1.54, 1.807) is 0 Å².